The lowest BCUT2D eigenvalue weighted by Crippen LogP contribution is -2.47. The fourth-order valence-corrected chi connectivity index (χ4v) is 4.88. The third-order valence-corrected chi connectivity index (χ3v) is 6.30. The van der Waals surface area contributed by atoms with Crippen molar-refractivity contribution in [2.24, 2.45) is 5.92 Å². The maximum absolute atomic E-state index is 13.1. The van der Waals surface area contributed by atoms with Crippen LogP contribution in [0.4, 0.5) is 0 Å². The molecule has 2 aromatic heterocycles. The number of piperidine rings is 1. The lowest BCUT2D eigenvalue weighted by molar-refractivity contribution is 0.0577. The van der Waals surface area contributed by atoms with Gasteiger partial charge in [-0.05, 0) is 44.7 Å². The molecule has 6 nitrogen and oxygen atoms in total. The summed E-state index contributed by atoms with van der Waals surface area (Å²) in [5, 5.41) is 0.915. The van der Waals surface area contributed by atoms with Crippen molar-refractivity contribution in [1.29, 1.82) is 0 Å². The number of carbonyl (C=O) groups excluding carboxylic acids is 2. The topological polar surface area (TPSA) is 66.4 Å². The molecule has 5 rings (SSSR count). The Kier molecular flexibility index (Phi) is 4.48. The van der Waals surface area contributed by atoms with Gasteiger partial charge >= 0.3 is 0 Å². The van der Waals surface area contributed by atoms with Gasteiger partial charge < -0.3 is 9.80 Å². The molecule has 0 radical (unpaired) electrons. The zero-order valence-corrected chi connectivity index (χ0v) is 15.8. The van der Waals surface area contributed by atoms with E-state index in [-0.39, 0.29) is 17.9 Å². The van der Waals surface area contributed by atoms with Crippen LogP contribution in [0.1, 0.15) is 43.7 Å². The van der Waals surface area contributed by atoms with E-state index in [4.69, 9.17) is 0 Å². The van der Waals surface area contributed by atoms with Crippen LogP contribution in [0.2, 0.25) is 0 Å². The highest BCUT2D eigenvalue weighted by molar-refractivity contribution is 7.13. The van der Waals surface area contributed by atoms with Crippen LogP contribution in [0.5, 0.6) is 0 Å². The molecule has 0 N–H and O–H groups in total. The molecule has 2 aromatic rings. The quantitative estimate of drug-likeness (QED) is 0.815. The van der Waals surface area contributed by atoms with Crippen LogP contribution in [-0.2, 0) is 0 Å². The highest BCUT2D eigenvalue weighted by atomic mass is 32.1. The first-order valence-electron chi connectivity index (χ1n) is 8.98. The van der Waals surface area contributed by atoms with Crippen LogP contribution in [0, 0.1) is 19.8 Å². The molecule has 2 amide bonds. The number of nitrogens with zero attached hydrogens (tertiary/aromatic N) is 4. The summed E-state index contributed by atoms with van der Waals surface area (Å²) >= 11 is 1.46. The van der Waals surface area contributed by atoms with Gasteiger partial charge in [-0.2, -0.15) is 0 Å². The molecule has 0 aliphatic carbocycles. The highest BCUT2D eigenvalue weighted by Crippen LogP contribution is 2.31. The molecule has 3 saturated heterocycles. The maximum Gasteiger partial charge on any atom is 0.272 e. The molecule has 3 aliphatic heterocycles. The second-order valence-corrected chi connectivity index (χ2v) is 8.33. The molecule has 5 heterocycles. The largest absolute Gasteiger partial charge is 0.335 e. The van der Waals surface area contributed by atoms with Gasteiger partial charge in [0.05, 0.1) is 10.7 Å². The van der Waals surface area contributed by atoms with Gasteiger partial charge in [0.2, 0.25) is 0 Å². The molecule has 0 spiro atoms. The van der Waals surface area contributed by atoms with E-state index in [9.17, 15) is 9.59 Å². The van der Waals surface area contributed by atoms with Gasteiger partial charge in [-0.3, -0.25) is 14.6 Å². The summed E-state index contributed by atoms with van der Waals surface area (Å²) in [6, 6.07) is 5.46. The molecule has 136 valence electrons. The first kappa shape index (κ1) is 17.1. The van der Waals surface area contributed by atoms with Crippen molar-refractivity contribution in [1.82, 2.24) is 19.8 Å². The summed E-state index contributed by atoms with van der Waals surface area (Å²) < 4.78 is 0. The zero-order chi connectivity index (χ0) is 18.3. The standard InChI is InChI=1S/C19H22N4O2S/c1-12-17(26-13(2)21-12)19(25)23-10-14-6-7-15(23)11-22(9-14)18(24)16-5-3-4-8-20-16/h3-5,8,14-15H,6-7,9-11H2,1-2H3/t14-,15+/m0/s1. The van der Waals surface area contributed by atoms with Crippen LogP contribution in [-0.4, -0.2) is 57.3 Å². The fourth-order valence-electron chi connectivity index (χ4n) is 4.01. The Morgan fingerprint density at radius 3 is 2.65 bits per heavy atom. The third-order valence-electron chi connectivity index (χ3n) is 5.24. The minimum Gasteiger partial charge on any atom is -0.335 e. The molecule has 0 saturated carbocycles. The lowest BCUT2D eigenvalue weighted by atomic mass is 9.95. The summed E-state index contributed by atoms with van der Waals surface area (Å²) in [6.07, 6.45) is 3.64. The summed E-state index contributed by atoms with van der Waals surface area (Å²) in [5.74, 6) is 0.344. The number of fused-ring (bicyclic) bond motifs is 4. The second-order valence-electron chi connectivity index (χ2n) is 7.13. The van der Waals surface area contributed by atoms with Crippen molar-refractivity contribution in [3.63, 3.8) is 0 Å². The number of carbonyl (C=O) groups is 2. The normalized spacial score (nSPS) is 22.4. The Morgan fingerprint density at radius 2 is 1.96 bits per heavy atom. The van der Waals surface area contributed by atoms with Gasteiger partial charge in [0.25, 0.3) is 11.8 Å². The summed E-state index contributed by atoms with van der Waals surface area (Å²) in [4.78, 5) is 39.1. The number of hydrogen-bond acceptors (Lipinski definition) is 5. The first-order valence-corrected chi connectivity index (χ1v) is 9.80. The molecule has 2 bridgehead atoms. The first-order chi connectivity index (χ1) is 12.5. The number of rotatable bonds is 2. The van der Waals surface area contributed by atoms with Crippen LogP contribution in [0.3, 0.4) is 0 Å². The van der Waals surface area contributed by atoms with Crippen molar-refractivity contribution in [2.75, 3.05) is 19.6 Å². The Morgan fingerprint density at radius 1 is 1.12 bits per heavy atom. The van der Waals surface area contributed by atoms with Gasteiger partial charge in [-0.1, -0.05) is 6.07 Å². The average Bonchev–Trinajstić information content (AvgIpc) is 2.82. The lowest BCUT2D eigenvalue weighted by Gasteiger charge is -2.35. The van der Waals surface area contributed by atoms with E-state index in [1.165, 1.54) is 11.3 Å². The number of hydrogen-bond donors (Lipinski definition) is 0. The van der Waals surface area contributed by atoms with E-state index in [1.807, 2.05) is 35.8 Å². The van der Waals surface area contributed by atoms with E-state index < -0.39 is 0 Å². The van der Waals surface area contributed by atoms with Gasteiger partial charge in [-0.25, -0.2) is 4.98 Å². The summed E-state index contributed by atoms with van der Waals surface area (Å²) in [5.41, 5.74) is 1.28. The van der Waals surface area contributed by atoms with E-state index in [1.54, 1.807) is 12.3 Å². The monoisotopic (exact) mass is 370 g/mol. The van der Waals surface area contributed by atoms with Crippen LogP contribution in [0.15, 0.2) is 24.4 Å². The fraction of sp³-hybridized carbons (Fsp3) is 0.474. The molecule has 3 aliphatic rings. The maximum atomic E-state index is 13.1. The van der Waals surface area contributed by atoms with Crippen LogP contribution in [0.25, 0.3) is 0 Å². The molecular weight excluding hydrogens is 348 g/mol. The molecule has 3 fully saturated rings. The number of thiazole rings is 1. The highest BCUT2D eigenvalue weighted by Gasteiger charge is 2.39. The number of pyridine rings is 1. The van der Waals surface area contributed by atoms with E-state index >= 15 is 0 Å². The Labute approximate surface area is 156 Å². The van der Waals surface area contributed by atoms with Crippen LogP contribution < -0.4 is 0 Å². The average molecular weight is 370 g/mol. The van der Waals surface area contributed by atoms with E-state index in [2.05, 4.69) is 9.97 Å². The van der Waals surface area contributed by atoms with Gasteiger partial charge in [0, 0.05) is 31.9 Å². The van der Waals surface area contributed by atoms with Gasteiger partial charge in [0.1, 0.15) is 10.6 Å². The van der Waals surface area contributed by atoms with Crippen molar-refractivity contribution < 1.29 is 9.59 Å². The minimum absolute atomic E-state index is 0.0402. The van der Waals surface area contributed by atoms with E-state index in [0.717, 1.165) is 28.4 Å². The molecule has 2 atom stereocenters. The Bertz CT molecular complexity index is 835. The Balaban J connectivity index is 1.56. The predicted molar refractivity (Wildman–Crippen MR) is 99.3 cm³/mol. The SMILES string of the molecule is Cc1nc(C)c(C(=O)N2C[C@H]3CC[C@@H]2CN(C(=O)c2ccccn2)C3)s1. The molecule has 0 unspecified atom stereocenters. The number of amides is 2. The number of aryl methyl sites for hydroxylation is 2. The summed E-state index contributed by atoms with van der Waals surface area (Å²) in [7, 11) is 0. The van der Waals surface area contributed by atoms with Crippen LogP contribution >= 0.6 is 11.3 Å². The van der Waals surface area contributed by atoms with E-state index in [0.29, 0.717) is 31.2 Å². The Hall–Kier alpha value is -2.28. The zero-order valence-electron chi connectivity index (χ0n) is 15.0. The van der Waals surface area contributed by atoms with Crippen molar-refractivity contribution in [3.8, 4) is 0 Å². The predicted octanol–water partition coefficient (Wildman–Crippen LogP) is 2.53. The molecule has 7 heteroatoms. The summed E-state index contributed by atoms with van der Waals surface area (Å²) in [6.45, 7) is 5.80. The molecular formula is C19H22N4O2S. The van der Waals surface area contributed by atoms with Crippen molar-refractivity contribution in [3.05, 3.63) is 45.7 Å². The van der Waals surface area contributed by atoms with Gasteiger partial charge in [0.15, 0.2) is 0 Å². The van der Waals surface area contributed by atoms with Crippen molar-refractivity contribution in [2.45, 2.75) is 32.7 Å². The van der Waals surface area contributed by atoms with Gasteiger partial charge in [-0.15, -0.1) is 11.3 Å². The molecule has 26 heavy (non-hydrogen) atoms. The third kappa shape index (κ3) is 3.11. The molecule has 0 aromatic carbocycles. The minimum atomic E-state index is -0.0402. The number of aromatic nitrogens is 2. The second kappa shape index (κ2) is 6.79. The van der Waals surface area contributed by atoms with Crippen molar-refractivity contribution >= 4 is 23.2 Å². The smallest absolute Gasteiger partial charge is 0.272 e.